The molecule has 0 aliphatic heterocycles. The van der Waals surface area contributed by atoms with Crippen LogP contribution in [0.3, 0.4) is 0 Å². The van der Waals surface area contributed by atoms with Crippen LogP contribution in [-0.2, 0) is 4.79 Å². The fourth-order valence-corrected chi connectivity index (χ4v) is 4.02. The maximum atomic E-state index is 11.1. The van der Waals surface area contributed by atoms with Crippen LogP contribution in [0.25, 0.3) is 0 Å². The minimum atomic E-state index is 0.232. The molecule has 0 heterocycles. The first-order chi connectivity index (χ1) is 14.5. The number of carbonyl (C=O) groups is 1. The molecule has 3 nitrogen and oxygen atoms in total. The first kappa shape index (κ1) is 23.7. The lowest BCUT2D eigenvalue weighted by molar-refractivity contribution is -0.104. The summed E-state index contributed by atoms with van der Waals surface area (Å²) >= 11 is 0. The van der Waals surface area contributed by atoms with E-state index in [0.717, 1.165) is 12.7 Å². The van der Waals surface area contributed by atoms with Crippen molar-refractivity contribution in [2.24, 2.45) is 5.92 Å². The van der Waals surface area contributed by atoms with Crippen molar-refractivity contribution in [1.82, 2.24) is 0 Å². The molecule has 0 aliphatic rings. The summed E-state index contributed by atoms with van der Waals surface area (Å²) < 4.78 is 0. The van der Waals surface area contributed by atoms with Crippen molar-refractivity contribution < 1.29 is 4.79 Å². The molecule has 30 heavy (non-hydrogen) atoms. The van der Waals surface area contributed by atoms with Gasteiger partial charge in [0.25, 0.3) is 0 Å². The van der Waals surface area contributed by atoms with Crippen molar-refractivity contribution in [1.29, 1.82) is 0 Å². The number of carbonyl (C=O) groups excluding carboxylic acids is 1. The van der Waals surface area contributed by atoms with E-state index in [1.165, 1.54) is 48.2 Å². The number of aldehydes is 1. The van der Waals surface area contributed by atoms with Gasteiger partial charge in [-0.3, -0.25) is 4.79 Å². The lowest BCUT2D eigenvalue weighted by Gasteiger charge is -2.27. The second-order valence-electron chi connectivity index (χ2n) is 8.48. The number of rotatable bonds is 12. The molecule has 2 rings (SSSR count). The molecule has 0 aliphatic carbocycles. The van der Waals surface area contributed by atoms with Crippen LogP contribution < -0.4 is 9.80 Å². The molecule has 162 valence electrons. The van der Waals surface area contributed by atoms with Crippen molar-refractivity contribution in [3.8, 4) is 0 Å². The van der Waals surface area contributed by atoms with Crippen molar-refractivity contribution in [2.45, 2.75) is 44.9 Å². The average molecular weight is 407 g/mol. The molecular formula is C27H38N2O. The van der Waals surface area contributed by atoms with Crippen molar-refractivity contribution >= 4 is 17.7 Å². The Bertz CT molecular complexity index is 724. The number of nitrogens with zero attached hydrogens (tertiary/aromatic N) is 2. The van der Waals surface area contributed by atoms with Gasteiger partial charge in [0.1, 0.15) is 6.29 Å². The summed E-state index contributed by atoms with van der Waals surface area (Å²) in [5, 5.41) is 0. The van der Waals surface area contributed by atoms with Crippen LogP contribution in [0.1, 0.15) is 56.1 Å². The molecule has 0 aromatic heterocycles. The number of anilines is 2. The fourth-order valence-electron chi connectivity index (χ4n) is 4.02. The summed E-state index contributed by atoms with van der Waals surface area (Å²) in [4.78, 5) is 15.4. The highest BCUT2D eigenvalue weighted by Gasteiger charge is 2.23. The van der Waals surface area contributed by atoms with Gasteiger partial charge in [-0.05, 0) is 53.8 Å². The Morgan fingerprint density at radius 1 is 0.767 bits per heavy atom. The van der Waals surface area contributed by atoms with Crippen LogP contribution in [0.5, 0.6) is 0 Å². The maximum Gasteiger partial charge on any atom is 0.142 e. The molecule has 1 atom stereocenters. The topological polar surface area (TPSA) is 23.6 Å². The Balaban J connectivity index is 2.42. The van der Waals surface area contributed by atoms with Gasteiger partial charge in [0, 0.05) is 45.5 Å². The smallest absolute Gasteiger partial charge is 0.142 e. The highest BCUT2D eigenvalue weighted by molar-refractivity contribution is 5.64. The van der Waals surface area contributed by atoms with Crippen LogP contribution in [0.2, 0.25) is 0 Å². The Morgan fingerprint density at radius 2 is 1.27 bits per heavy atom. The van der Waals surface area contributed by atoms with Crippen LogP contribution in [0.4, 0.5) is 11.4 Å². The molecule has 0 unspecified atom stereocenters. The quantitative estimate of drug-likeness (QED) is 0.235. The monoisotopic (exact) mass is 406 g/mol. The van der Waals surface area contributed by atoms with Gasteiger partial charge in [-0.2, -0.15) is 0 Å². The zero-order valence-corrected chi connectivity index (χ0v) is 19.3. The minimum Gasteiger partial charge on any atom is -0.378 e. The third-order valence-corrected chi connectivity index (χ3v) is 5.79. The van der Waals surface area contributed by atoms with E-state index in [1.807, 2.05) is 0 Å². The van der Waals surface area contributed by atoms with E-state index >= 15 is 0 Å². The molecule has 0 fully saturated rings. The Hall–Kier alpha value is -2.55. The molecule has 0 spiro atoms. The molecular weight excluding hydrogens is 368 g/mol. The van der Waals surface area contributed by atoms with Gasteiger partial charge in [-0.15, -0.1) is 0 Å². The third-order valence-electron chi connectivity index (χ3n) is 5.79. The standard InChI is InChI=1S/C27H38N2O/c1-6-7-8-9-11-22(12-10-21-30)27(23-13-17-25(18-14-23)28(2)3)24-15-19-26(20-16-24)29(4)5/h10,12-22,27H,6-9,11H2,1-5H3/b12-10+/t22-/m1/s1. The van der Waals surface area contributed by atoms with E-state index in [2.05, 4.69) is 99.5 Å². The van der Waals surface area contributed by atoms with Crippen LogP contribution in [0, 0.1) is 5.92 Å². The molecule has 0 saturated heterocycles. The lowest BCUT2D eigenvalue weighted by atomic mass is 9.78. The normalized spacial score (nSPS) is 12.3. The molecule has 0 radical (unpaired) electrons. The van der Waals surface area contributed by atoms with E-state index in [4.69, 9.17) is 0 Å². The van der Waals surface area contributed by atoms with Gasteiger partial charge < -0.3 is 9.80 Å². The number of allylic oxidation sites excluding steroid dienone is 2. The minimum absolute atomic E-state index is 0.232. The van der Waals surface area contributed by atoms with E-state index in [9.17, 15) is 4.79 Å². The number of hydrogen-bond donors (Lipinski definition) is 0. The van der Waals surface area contributed by atoms with E-state index < -0.39 is 0 Å². The predicted octanol–water partition coefficient (Wildman–Crippen LogP) is 6.29. The van der Waals surface area contributed by atoms with Gasteiger partial charge in [0.2, 0.25) is 0 Å². The van der Waals surface area contributed by atoms with Crippen molar-refractivity contribution in [2.75, 3.05) is 38.0 Å². The van der Waals surface area contributed by atoms with E-state index in [1.54, 1.807) is 6.08 Å². The second-order valence-corrected chi connectivity index (χ2v) is 8.48. The fraction of sp³-hybridized carbons (Fsp3) is 0.444. The van der Waals surface area contributed by atoms with Crippen molar-refractivity contribution in [3.63, 3.8) is 0 Å². The summed E-state index contributed by atoms with van der Waals surface area (Å²) in [6, 6.07) is 17.7. The van der Waals surface area contributed by atoms with Gasteiger partial charge >= 0.3 is 0 Å². The number of hydrogen-bond acceptors (Lipinski definition) is 3. The zero-order valence-electron chi connectivity index (χ0n) is 19.3. The highest BCUT2D eigenvalue weighted by Crippen LogP contribution is 2.37. The van der Waals surface area contributed by atoms with Crippen LogP contribution in [0.15, 0.2) is 60.7 Å². The lowest BCUT2D eigenvalue weighted by Crippen LogP contribution is -2.15. The van der Waals surface area contributed by atoms with E-state index in [0.29, 0.717) is 5.92 Å². The average Bonchev–Trinajstić information content (AvgIpc) is 2.75. The maximum absolute atomic E-state index is 11.1. The summed E-state index contributed by atoms with van der Waals surface area (Å²) in [6.45, 7) is 2.24. The second kappa shape index (κ2) is 12.2. The van der Waals surface area contributed by atoms with Crippen molar-refractivity contribution in [3.05, 3.63) is 71.8 Å². The van der Waals surface area contributed by atoms with Gasteiger partial charge in [-0.25, -0.2) is 0 Å². The highest BCUT2D eigenvalue weighted by atomic mass is 16.1. The van der Waals surface area contributed by atoms with Gasteiger partial charge in [0.05, 0.1) is 0 Å². The number of unbranched alkanes of at least 4 members (excludes halogenated alkanes) is 3. The molecule has 2 aromatic carbocycles. The zero-order chi connectivity index (χ0) is 21.9. The first-order valence-electron chi connectivity index (χ1n) is 11.1. The van der Waals surface area contributed by atoms with Crippen LogP contribution in [-0.4, -0.2) is 34.5 Å². The molecule has 0 bridgehead atoms. The predicted molar refractivity (Wildman–Crippen MR) is 131 cm³/mol. The van der Waals surface area contributed by atoms with Gasteiger partial charge in [0.15, 0.2) is 0 Å². The van der Waals surface area contributed by atoms with Crippen LogP contribution >= 0.6 is 0 Å². The number of benzene rings is 2. The SMILES string of the molecule is CCCCCC[C@H](/C=C/C=O)C(c1ccc(N(C)C)cc1)c1ccc(N(C)C)cc1. The van der Waals surface area contributed by atoms with E-state index in [-0.39, 0.29) is 5.92 Å². The molecule has 2 aromatic rings. The molecule has 3 heteroatoms. The third kappa shape index (κ3) is 6.76. The molecule has 0 N–H and O–H groups in total. The molecule has 0 amide bonds. The summed E-state index contributed by atoms with van der Waals surface area (Å²) in [6.07, 6.45) is 10.7. The summed E-state index contributed by atoms with van der Waals surface area (Å²) in [5.74, 6) is 0.526. The largest absolute Gasteiger partial charge is 0.378 e. The molecule has 0 saturated carbocycles. The Kier molecular flexibility index (Phi) is 9.66. The first-order valence-corrected chi connectivity index (χ1v) is 11.1. The Labute approximate surface area is 183 Å². The summed E-state index contributed by atoms with van der Waals surface area (Å²) in [7, 11) is 8.26. The van der Waals surface area contributed by atoms with Gasteiger partial charge in [-0.1, -0.05) is 62.9 Å². The summed E-state index contributed by atoms with van der Waals surface area (Å²) in [5.41, 5.74) is 5.00. The Morgan fingerprint density at radius 3 is 1.67 bits per heavy atom.